The number of urea groups is 1. The van der Waals surface area contributed by atoms with E-state index in [1.807, 2.05) is 24.3 Å². The Morgan fingerprint density at radius 1 is 1.00 bits per heavy atom. The molecule has 0 unspecified atom stereocenters. The molecule has 0 spiro atoms. The summed E-state index contributed by atoms with van der Waals surface area (Å²) in [5.74, 6) is 0.165. The Bertz CT molecular complexity index is 921. The number of carbonyl (C=O) groups excluding carboxylic acids is 3. The maximum atomic E-state index is 12.8. The highest BCUT2D eigenvalue weighted by atomic mass is 16.5. The Kier molecular flexibility index (Phi) is 7.48. The number of rotatable bonds is 6. The Balaban J connectivity index is 1.45. The number of carbonyl (C=O) groups is 3. The van der Waals surface area contributed by atoms with Crippen LogP contribution in [0.15, 0.2) is 48.5 Å². The van der Waals surface area contributed by atoms with Crippen molar-refractivity contribution in [3.8, 4) is 5.75 Å². The van der Waals surface area contributed by atoms with Gasteiger partial charge < -0.3 is 25.0 Å². The zero-order valence-corrected chi connectivity index (χ0v) is 17.7. The fourth-order valence-electron chi connectivity index (χ4n) is 3.47. The van der Waals surface area contributed by atoms with E-state index in [1.165, 1.54) is 7.11 Å². The van der Waals surface area contributed by atoms with Gasteiger partial charge in [-0.25, -0.2) is 9.59 Å². The first-order valence-electron chi connectivity index (χ1n) is 10.1. The first-order valence-corrected chi connectivity index (χ1v) is 10.1. The van der Waals surface area contributed by atoms with Gasteiger partial charge in [0, 0.05) is 31.2 Å². The van der Waals surface area contributed by atoms with Crippen molar-refractivity contribution in [3.05, 3.63) is 65.2 Å². The Morgan fingerprint density at radius 2 is 1.68 bits per heavy atom. The smallest absolute Gasteiger partial charge is 0.337 e. The number of esters is 1. The van der Waals surface area contributed by atoms with E-state index in [0.717, 1.165) is 11.3 Å². The fraction of sp³-hybridized carbons (Fsp3) is 0.348. The fourth-order valence-corrected chi connectivity index (χ4v) is 3.47. The first-order chi connectivity index (χ1) is 15.0. The van der Waals surface area contributed by atoms with Gasteiger partial charge in [0.15, 0.2) is 0 Å². The second-order valence-corrected chi connectivity index (χ2v) is 7.31. The molecule has 1 aliphatic rings. The third-order valence-corrected chi connectivity index (χ3v) is 5.26. The number of nitrogens with zero attached hydrogens (tertiary/aromatic N) is 1. The van der Waals surface area contributed by atoms with E-state index in [0.29, 0.717) is 43.6 Å². The van der Waals surface area contributed by atoms with Gasteiger partial charge in [-0.05, 0) is 48.7 Å². The molecule has 2 N–H and O–H groups in total. The van der Waals surface area contributed by atoms with Gasteiger partial charge in [0.2, 0.25) is 0 Å². The van der Waals surface area contributed by atoms with Crippen LogP contribution in [-0.2, 0) is 11.3 Å². The first kappa shape index (κ1) is 22.1. The molecule has 8 nitrogen and oxygen atoms in total. The van der Waals surface area contributed by atoms with Crippen LogP contribution < -0.4 is 15.4 Å². The van der Waals surface area contributed by atoms with Crippen molar-refractivity contribution in [1.29, 1.82) is 0 Å². The van der Waals surface area contributed by atoms with E-state index >= 15 is 0 Å². The van der Waals surface area contributed by atoms with E-state index in [4.69, 9.17) is 9.47 Å². The number of likely N-dealkylation sites (tertiary alicyclic amines) is 1. The lowest BCUT2D eigenvalue weighted by atomic mass is 10.0. The van der Waals surface area contributed by atoms with Gasteiger partial charge in [-0.3, -0.25) is 4.79 Å². The van der Waals surface area contributed by atoms with Crippen LogP contribution in [0, 0.1) is 0 Å². The zero-order chi connectivity index (χ0) is 22.2. The van der Waals surface area contributed by atoms with Gasteiger partial charge in [0.1, 0.15) is 5.75 Å². The minimum Gasteiger partial charge on any atom is -0.497 e. The Morgan fingerprint density at radius 3 is 2.32 bits per heavy atom. The Hall–Kier alpha value is -3.55. The van der Waals surface area contributed by atoms with Crippen molar-refractivity contribution in [2.45, 2.75) is 25.4 Å². The maximum absolute atomic E-state index is 12.8. The summed E-state index contributed by atoms with van der Waals surface area (Å²) in [5.41, 5.74) is 1.77. The molecule has 1 aliphatic heterocycles. The number of hydrogen-bond donors (Lipinski definition) is 2. The standard InChI is InChI=1S/C23H27N3O5/c1-30-20-8-6-16(7-9-20)15-24-23(29)25-19-10-12-26(13-11-19)21(27)17-4-3-5-18(14-17)22(28)31-2/h3-9,14,19H,10-13,15H2,1-2H3,(H2,24,25,29). The molecule has 0 atom stereocenters. The molecular weight excluding hydrogens is 398 g/mol. The average molecular weight is 425 g/mol. The van der Waals surface area contributed by atoms with Crippen LogP contribution in [0.3, 0.4) is 0 Å². The highest BCUT2D eigenvalue weighted by Gasteiger charge is 2.25. The topological polar surface area (TPSA) is 97.0 Å². The van der Waals surface area contributed by atoms with Crippen LogP contribution >= 0.6 is 0 Å². The minimum atomic E-state index is -0.474. The SMILES string of the molecule is COC(=O)c1cccc(C(=O)N2CCC(NC(=O)NCc3ccc(OC)cc3)CC2)c1. The third-order valence-electron chi connectivity index (χ3n) is 5.26. The van der Waals surface area contributed by atoms with E-state index < -0.39 is 5.97 Å². The van der Waals surface area contributed by atoms with Crippen LogP contribution in [0.2, 0.25) is 0 Å². The molecule has 0 radical (unpaired) electrons. The molecule has 3 amide bonds. The summed E-state index contributed by atoms with van der Waals surface area (Å²) in [6.45, 7) is 1.49. The molecule has 1 heterocycles. The van der Waals surface area contributed by atoms with E-state index in [2.05, 4.69) is 10.6 Å². The molecule has 0 aliphatic carbocycles. The summed E-state index contributed by atoms with van der Waals surface area (Å²) in [5, 5.41) is 5.82. The number of nitrogens with one attached hydrogen (secondary N) is 2. The van der Waals surface area contributed by atoms with Crippen LogP contribution in [0.25, 0.3) is 0 Å². The Labute approximate surface area is 181 Å². The summed E-state index contributed by atoms with van der Waals surface area (Å²) in [6.07, 6.45) is 1.33. The number of amides is 3. The molecule has 3 rings (SSSR count). The highest BCUT2D eigenvalue weighted by molar-refractivity contribution is 5.98. The maximum Gasteiger partial charge on any atom is 0.337 e. The van der Waals surface area contributed by atoms with E-state index in [1.54, 1.807) is 36.3 Å². The number of hydrogen-bond acceptors (Lipinski definition) is 5. The zero-order valence-electron chi connectivity index (χ0n) is 17.7. The van der Waals surface area contributed by atoms with E-state index in [9.17, 15) is 14.4 Å². The lowest BCUT2D eigenvalue weighted by Crippen LogP contribution is -2.49. The summed E-state index contributed by atoms with van der Waals surface area (Å²) in [6, 6.07) is 13.8. The predicted octanol–water partition coefficient (Wildman–Crippen LogP) is 2.59. The lowest BCUT2D eigenvalue weighted by Gasteiger charge is -2.32. The van der Waals surface area contributed by atoms with Crippen molar-refractivity contribution in [2.24, 2.45) is 0 Å². The van der Waals surface area contributed by atoms with Crippen LogP contribution in [0.1, 0.15) is 39.1 Å². The third kappa shape index (κ3) is 5.97. The monoisotopic (exact) mass is 425 g/mol. The minimum absolute atomic E-state index is 0.00122. The van der Waals surface area contributed by atoms with Crippen LogP contribution in [0.5, 0.6) is 5.75 Å². The highest BCUT2D eigenvalue weighted by Crippen LogP contribution is 2.16. The van der Waals surface area contributed by atoms with E-state index in [-0.39, 0.29) is 18.0 Å². The van der Waals surface area contributed by atoms with Gasteiger partial charge in [-0.1, -0.05) is 18.2 Å². The number of benzene rings is 2. The lowest BCUT2D eigenvalue weighted by molar-refractivity contribution is 0.0600. The van der Waals surface area contributed by atoms with Crippen LogP contribution in [-0.4, -0.2) is 56.2 Å². The average Bonchev–Trinajstić information content (AvgIpc) is 2.82. The van der Waals surface area contributed by atoms with Crippen molar-refractivity contribution in [3.63, 3.8) is 0 Å². The van der Waals surface area contributed by atoms with Crippen LogP contribution in [0.4, 0.5) is 4.79 Å². The second kappa shape index (κ2) is 10.5. The molecular formula is C23H27N3O5. The molecule has 2 aromatic rings. The molecule has 1 fully saturated rings. The van der Waals surface area contributed by atoms with Gasteiger partial charge in [-0.15, -0.1) is 0 Å². The largest absolute Gasteiger partial charge is 0.497 e. The molecule has 0 aromatic heterocycles. The number of methoxy groups -OCH3 is 2. The quantitative estimate of drug-likeness (QED) is 0.694. The number of ether oxygens (including phenoxy) is 2. The normalized spacial score (nSPS) is 13.9. The van der Waals surface area contributed by atoms with Gasteiger partial charge in [0.25, 0.3) is 5.91 Å². The molecule has 1 saturated heterocycles. The molecule has 31 heavy (non-hydrogen) atoms. The summed E-state index contributed by atoms with van der Waals surface area (Å²) < 4.78 is 9.83. The van der Waals surface area contributed by atoms with Gasteiger partial charge in [-0.2, -0.15) is 0 Å². The van der Waals surface area contributed by atoms with Crippen molar-refractivity contribution < 1.29 is 23.9 Å². The van der Waals surface area contributed by atoms with Crippen molar-refractivity contribution in [2.75, 3.05) is 27.3 Å². The number of piperidine rings is 1. The summed E-state index contributed by atoms with van der Waals surface area (Å²) >= 11 is 0. The molecule has 2 aromatic carbocycles. The predicted molar refractivity (Wildman–Crippen MR) is 115 cm³/mol. The summed E-state index contributed by atoms with van der Waals surface area (Å²) in [4.78, 5) is 38.4. The van der Waals surface area contributed by atoms with Crippen molar-refractivity contribution in [1.82, 2.24) is 15.5 Å². The summed E-state index contributed by atoms with van der Waals surface area (Å²) in [7, 11) is 2.92. The molecule has 8 heteroatoms. The van der Waals surface area contributed by atoms with Gasteiger partial charge >= 0.3 is 12.0 Å². The molecule has 0 bridgehead atoms. The van der Waals surface area contributed by atoms with Gasteiger partial charge in [0.05, 0.1) is 19.8 Å². The molecule has 164 valence electrons. The second-order valence-electron chi connectivity index (χ2n) is 7.31. The molecule has 0 saturated carbocycles. The van der Waals surface area contributed by atoms with Crippen molar-refractivity contribution >= 4 is 17.9 Å².